The second-order valence-corrected chi connectivity index (χ2v) is 5.65. The average molecular weight is 348 g/mol. The minimum Gasteiger partial charge on any atom is -0.487 e. The Bertz CT molecular complexity index is 842. The molecule has 0 atom stereocenters. The van der Waals surface area contributed by atoms with E-state index in [1.807, 2.05) is 50.2 Å². The predicted molar refractivity (Wildman–Crippen MR) is 99.2 cm³/mol. The molecule has 5 heteroatoms. The summed E-state index contributed by atoms with van der Waals surface area (Å²) in [4.78, 5) is 16.1. The van der Waals surface area contributed by atoms with Crippen LogP contribution in [0, 0.1) is 25.2 Å². The van der Waals surface area contributed by atoms with Crippen molar-refractivity contribution in [3.05, 3.63) is 77.1 Å². The molecule has 0 saturated carbocycles. The number of aromatic nitrogens is 1. The molecule has 0 unspecified atom stereocenters. The Morgan fingerprint density at radius 3 is 2.62 bits per heavy atom. The SMILES string of the molecule is C=CCOC(=O)/C(C#N)=C\c1cc(C)c(OCc2ccccn2)c(C)c1. The fourth-order valence-corrected chi connectivity index (χ4v) is 2.44. The maximum absolute atomic E-state index is 11.8. The zero-order valence-electron chi connectivity index (χ0n) is 14.9. The van der Waals surface area contributed by atoms with Gasteiger partial charge < -0.3 is 9.47 Å². The maximum atomic E-state index is 11.8. The van der Waals surface area contributed by atoms with Gasteiger partial charge in [-0.1, -0.05) is 18.7 Å². The second kappa shape index (κ2) is 9.19. The van der Waals surface area contributed by atoms with Crippen molar-refractivity contribution < 1.29 is 14.3 Å². The van der Waals surface area contributed by atoms with Gasteiger partial charge in [0.1, 0.15) is 30.6 Å². The van der Waals surface area contributed by atoms with Crippen molar-refractivity contribution >= 4 is 12.0 Å². The van der Waals surface area contributed by atoms with Gasteiger partial charge in [-0.05, 0) is 60.9 Å². The minimum absolute atomic E-state index is 0.0622. The average Bonchev–Trinajstić information content (AvgIpc) is 2.64. The van der Waals surface area contributed by atoms with Gasteiger partial charge in [-0.3, -0.25) is 4.98 Å². The van der Waals surface area contributed by atoms with Gasteiger partial charge in [0.2, 0.25) is 0 Å². The molecule has 0 aliphatic rings. The summed E-state index contributed by atoms with van der Waals surface area (Å²) in [5, 5.41) is 9.18. The number of pyridine rings is 1. The van der Waals surface area contributed by atoms with E-state index in [4.69, 9.17) is 9.47 Å². The van der Waals surface area contributed by atoms with Crippen LogP contribution in [0.5, 0.6) is 5.75 Å². The van der Waals surface area contributed by atoms with Crippen molar-refractivity contribution in [2.45, 2.75) is 20.5 Å². The number of aryl methyl sites for hydroxylation is 2. The summed E-state index contributed by atoms with van der Waals surface area (Å²) in [7, 11) is 0. The summed E-state index contributed by atoms with van der Waals surface area (Å²) >= 11 is 0. The van der Waals surface area contributed by atoms with Gasteiger partial charge >= 0.3 is 5.97 Å². The van der Waals surface area contributed by atoms with Crippen LogP contribution in [0.1, 0.15) is 22.4 Å². The van der Waals surface area contributed by atoms with Gasteiger partial charge in [0, 0.05) is 6.20 Å². The molecule has 0 bridgehead atoms. The number of hydrogen-bond donors (Lipinski definition) is 0. The van der Waals surface area contributed by atoms with Crippen LogP contribution in [0.3, 0.4) is 0 Å². The lowest BCUT2D eigenvalue weighted by Gasteiger charge is -2.13. The first-order valence-corrected chi connectivity index (χ1v) is 8.09. The number of nitrogens with zero attached hydrogens (tertiary/aromatic N) is 2. The highest BCUT2D eigenvalue weighted by Gasteiger charge is 2.12. The number of ether oxygens (including phenoxy) is 2. The molecule has 0 spiro atoms. The molecule has 0 amide bonds. The molecular formula is C21H20N2O3. The zero-order valence-corrected chi connectivity index (χ0v) is 14.9. The van der Waals surface area contributed by atoms with Crippen LogP contribution in [0.25, 0.3) is 6.08 Å². The summed E-state index contributed by atoms with van der Waals surface area (Å²) in [5.74, 6) is 0.0960. The van der Waals surface area contributed by atoms with Crippen LogP contribution in [0.4, 0.5) is 0 Å². The van der Waals surface area contributed by atoms with Crippen LogP contribution < -0.4 is 4.74 Å². The number of esters is 1. The molecule has 0 aliphatic heterocycles. The Labute approximate surface area is 153 Å². The highest BCUT2D eigenvalue weighted by Crippen LogP contribution is 2.26. The van der Waals surface area contributed by atoms with Crippen LogP contribution in [-0.2, 0) is 16.1 Å². The molecule has 0 radical (unpaired) electrons. The van der Waals surface area contributed by atoms with Gasteiger partial charge in [-0.25, -0.2) is 4.79 Å². The third kappa shape index (κ3) is 5.05. The van der Waals surface area contributed by atoms with E-state index in [0.29, 0.717) is 6.61 Å². The first-order valence-electron chi connectivity index (χ1n) is 8.09. The van der Waals surface area contributed by atoms with Gasteiger partial charge in [0.15, 0.2) is 0 Å². The number of benzene rings is 1. The van der Waals surface area contributed by atoms with E-state index < -0.39 is 5.97 Å². The van der Waals surface area contributed by atoms with Crippen molar-refractivity contribution in [1.82, 2.24) is 4.98 Å². The van der Waals surface area contributed by atoms with E-state index >= 15 is 0 Å². The van der Waals surface area contributed by atoms with Crippen molar-refractivity contribution in [2.75, 3.05) is 6.61 Å². The molecule has 26 heavy (non-hydrogen) atoms. The molecule has 2 rings (SSSR count). The van der Waals surface area contributed by atoms with Crippen LogP contribution in [0.15, 0.2) is 54.8 Å². The normalized spacial score (nSPS) is 10.7. The number of carbonyl (C=O) groups excluding carboxylic acids is 1. The van der Waals surface area contributed by atoms with Crippen molar-refractivity contribution in [2.24, 2.45) is 0 Å². The van der Waals surface area contributed by atoms with E-state index in [9.17, 15) is 10.1 Å². The lowest BCUT2D eigenvalue weighted by atomic mass is 10.0. The molecular weight excluding hydrogens is 328 g/mol. The quantitative estimate of drug-likeness (QED) is 0.328. The smallest absolute Gasteiger partial charge is 0.349 e. The van der Waals surface area contributed by atoms with Crippen LogP contribution in [-0.4, -0.2) is 17.6 Å². The van der Waals surface area contributed by atoms with E-state index in [-0.39, 0.29) is 12.2 Å². The highest BCUT2D eigenvalue weighted by atomic mass is 16.5. The molecule has 5 nitrogen and oxygen atoms in total. The second-order valence-electron chi connectivity index (χ2n) is 5.65. The fraction of sp³-hybridized carbons (Fsp3) is 0.190. The van der Waals surface area contributed by atoms with E-state index in [0.717, 1.165) is 28.1 Å². The lowest BCUT2D eigenvalue weighted by molar-refractivity contribution is -0.137. The van der Waals surface area contributed by atoms with Gasteiger partial charge in [-0.15, -0.1) is 0 Å². The molecule has 0 saturated heterocycles. The Morgan fingerprint density at radius 2 is 2.04 bits per heavy atom. The standard InChI is InChI=1S/C21H20N2O3/c1-4-9-25-21(24)18(13-22)12-17-10-15(2)20(16(3)11-17)26-14-19-7-5-6-8-23-19/h4-8,10-12H,1,9,14H2,2-3H3/b18-12-. The summed E-state index contributed by atoms with van der Waals surface area (Å²) in [6.45, 7) is 7.75. The lowest BCUT2D eigenvalue weighted by Crippen LogP contribution is -2.06. The molecule has 0 N–H and O–H groups in total. The van der Waals surface area contributed by atoms with E-state index in [1.165, 1.54) is 12.2 Å². The number of carbonyl (C=O) groups is 1. The first kappa shape index (κ1) is 18.9. The van der Waals surface area contributed by atoms with Gasteiger partial charge in [-0.2, -0.15) is 5.26 Å². The summed E-state index contributed by atoms with van der Waals surface area (Å²) in [6.07, 6.45) is 4.68. The molecule has 2 aromatic rings. The number of nitriles is 1. The van der Waals surface area contributed by atoms with Crippen molar-refractivity contribution in [3.8, 4) is 11.8 Å². The van der Waals surface area contributed by atoms with Crippen molar-refractivity contribution in [1.29, 1.82) is 5.26 Å². The summed E-state index contributed by atoms with van der Waals surface area (Å²) in [5.41, 5.74) is 3.32. The third-order valence-electron chi connectivity index (χ3n) is 3.56. The topological polar surface area (TPSA) is 72.2 Å². The van der Waals surface area contributed by atoms with Crippen LogP contribution >= 0.6 is 0 Å². The molecule has 0 aliphatic carbocycles. The van der Waals surface area contributed by atoms with Gasteiger partial charge in [0.25, 0.3) is 0 Å². The monoisotopic (exact) mass is 348 g/mol. The van der Waals surface area contributed by atoms with Crippen LogP contribution in [0.2, 0.25) is 0 Å². The van der Waals surface area contributed by atoms with Gasteiger partial charge in [0.05, 0.1) is 5.69 Å². The zero-order chi connectivity index (χ0) is 18.9. The van der Waals surface area contributed by atoms with E-state index in [2.05, 4.69) is 11.6 Å². The minimum atomic E-state index is -0.668. The molecule has 0 fully saturated rings. The molecule has 1 aromatic heterocycles. The number of rotatable bonds is 7. The predicted octanol–water partition coefficient (Wildman–Crippen LogP) is 3.91. The fourth-order valence-electron chi connectivity index (χ4n) is 2.44. The Hall–Kier alpha value is -3.39. The Kier molecular flexibility index (Phi) is 6.69. The molecule has 1 aromatic carbocycles. The number of hydrogen-bond acceptors (Lipinski definition) is 5. The highest BCUT2D eigenvalue weighted by molar-refractivity contribution is 5.98. The third-order valence-corrected chi connectivity index (χ3v) is 3.56. The maximum Gasteiger partial charge on any atom is 0.349 e. The van der Waals surface area contributed by atoms with Crippen molar-refractivity contribution in [3.63, 3.8) is 0 Å². The summed E-state index contributed by atoms with van der Waals surface area (Å²) < 4.78 is 10.8. The Balaban J connectivity index is 2.20. The molecule has 1 heterocycles. The molecule has 132 valence electrons. The largest absolute Gasteiger partial charge is 0.487 e. The first-order chi connectivity index (χ1) is 12.5. The van der Waals surface area contributed by atoms with E-state index in [1.54, 1.807) is 6.20 Å². The Morgan fingerprint density at radius 1 is 1.31 bits per heavy atom. The summed E-state index contributed by atoms with van der Waals surface area (Å²) in [6, 6.07) is 11.3.